The molecule has 98 valence electrons. The first-order chi connectivity index (χ1) is 7.62. The molecule has 0 amide bonds. The van der Waals surface area contributed by atoms with Gasteiger partial charge >= 0.3 is 7.75 Å². The fourth-order valence-corrected chi connectivity index (χ4v) is 2.35. The number of rotatable bonds is 11. The van der Waals surface area contributed by atoms with Gasteiger partial charge in [-0.2, -0.15) is 0 Å². The van der Waals surface area contributed by atoms with Crippen molar-refractivity contribution >= 4 is 7.75 Å². The van der Waals surface area contributed by atoms with Crippen LogP contribution in [0.2, 0.25) is 0 Å². The van der Waals surface area contributed by atoms with E-state index < -0.39 is 7.75 Å². The third-order valence-electron chi connectivity index (χ3n) is 2.31. The number of nitrogens with one attached hydrogen (secondary N) is 1. The number of unbranched alkanes of at least 4 members (excludes halogenated alkanes) is 5. The molecule has 4 nitrogen and oxygen atoms in total. The van der Waals surface area contributed by atoms with Crippen molar-refractivity contribution in [1.29, 1.82) is 0 Å². The van der Waals surface area contributed by atoms with Crippen LogP contribution in [0, 0.1) is 0 Å². The molecule has 2 N–H and O–H groups in total. The van der Waals surface area contributed by atoms with Gasteiger partial charge in [-0.25, -0.2) is 9.65 Å². The van der Waals surface area contributed by atoms with E-state index in [1.165, 1.54) is 25.7 Å². The Morgan fingerprint density at radius 3 is 2.31 bits per heavy atom. The summed E-state index contributed by atoms with van der Waals surface area (Å²) >= 11 is 0. The van der Waals surface area contributed by atoms with Crippen LogP contribution in [0.4, 0.5) is 0 Å². The Kier molecular flexibility index (Phi) is 10.3. The maximum absolute atomic E-state index is 11.3. The first-order valence-corrected chi connectivity index (χ1v) is 7.92. The van der Waals surface area contributed by atoms with Gasteiger partial charge in [0.2, 0.25) is 0 Å². The van der Waals surface area contributed by atoms with Crippen molar-refractivity contribution in [3.8, 4) is 0 Å². The van der Waals surface area contributed by atoms with Crippen molar-refractivity contribution in [2.45, 2.75) is 58.8 Å². The molecule has 1 unspecified atom stereocenters. The summed E-state index contributed by atoms with van der Waals surface area (Å²) < 4.78 is 16.2. The second-order valence-electron chi connectivity index (χ2n) is 4.03. The lowest BCUT2D eigenvalue weighted by atomic mass is 10.1. The van der Waals surface area contributed by atoms with E-state index in [1.54, 1.807) is 0 Å². The molecule has 0 bridgehead atoms. The third kappa shape index (κ3) is 10.6. The van der Waals surface area contributed by atoms with Crippen molar-refractivity contribution in [3.05, 3.63) is 0 Å². The highest BCUT2D eigenvalue weighted by molar-refractivity contribution is 7.50. The Morgan fingerprint density at radius 2 is 1.69 bits per heavy atom. The Bertz CT molecular complexity index is 200. The van der Waals surface area contributed by atoms with E-state index >= 15 is 0 Å². The molecule has 0 rings (SSSR count). The second kappa shape index (κ2) is 10.3. The molecular formula is C11H26NO3P. The maximum Gasteiger partial charge on any atom is 0.402 e. The van der Waals surface area contributed by atoms with Crippen molar-refractivity contribution < 1.29 is 14.0 Å². The van der Waals surface area contributed by atoms with Crippen LogP contribution in [-0.4, -0.2) is 18.0 Å². The number of hydrogen-bond donors (Lipinski definition) is 2. The normalized spacial score (nSPS) is 14.9. The van der Waals surface area contributed by atoms with Gasteiger partial charge in [-0.1, -0.05) is 46.0 Å². The van der Waals surface area contributed by atoms with Gasteiger partial charge in [-0.15, -0.1) is 0 Å². The summed E-state index contributed by atoms with van der Waals surface area (Å²) in [6.45, 7) is 4.99. The Hall–Kier alpha value is 0.110. The summed E-state index contributed by atoms with van der Waals surface area (Å²) in [5, 5.41) is 2.57. The summed E-state index contributed by atoms with van der Waals surface area (Å²) in [6, 6.07) is 0. The van der Waals surface area contributed by atoms with Crippen LogP contribution in [0.1, 0.15) is 58.8 Å². The first kappa shape index (κ1) is 16.1. The quantitative estimate of drug-likeness (QED) is 0.436. The van der Waals surface area contributed by atoms with Gasteiger partial charge in [0.1, 0.15) is 0 Å². The van der Waals surface area contributed by atoms with Crippen LogP contribution in [0.5, 0.6) is 0 Å². The second-order valence-corrected chi connectivity index (χ2v) is 5.64. The smallest absolute Gasteiger partial charge is 0.312 e. The van der Waals surface area contributed by atoms with Crippen LogP contribution in [0.15, 0.2) is 0 Å². The van der Waals surface area contributed by atoms with Gasteiger partial charge in [0, 0.05) is 6.54 Å². The van der Waals surface area contributed by atoms with Crippen LogP contribution in [0.25, 0.3) is 0 Å². The zero-order chi connectivity index (χ0) is 12.3. The average molecular weight is 251 g/mol. The Morgan fingerprint density at radius 1 is 1.06 bits per heavy atom. The summed E-state index contributed by atoms with van der Waals surface area (Å²) in [4.78, 5) is 9.31. The molecule has 16 heavy (non-hydrogen) atoms. The molecule has 0 saturated heterocycles. The van der Waals surface area contributed by atoms with Crippen molar-refractivity contribution in [1.82, 2.24) is 5.09 Å². The monoisotopic (exact) mass is 251 g/mol. The van der Waals surface area contributed by atoms with E-state index in [0.717, 1.165) is 19.3 Å². The zero-order valence-corrected chi connectivity index (χ0v) is 11.5. The topological polar surface area (TPSA) is 58.6 Å². The molecule has 0 aromatic heterocycles. The zero-order valence-electron chi connectivity index (χ0n) is 10.6. The van der Waals surface area contributed by atoms with Crippen LogP contribution in [0.3, 0.4) is 0 Å². The molecule has 0 spiro atoms. The van der Waals surface area contributed by atoms with E-state index in [9.17, 15) is 9.46 Å². The minimum atomic E-state index is -3.52. The largest absolute Gasteiger partial charge is 0.402 e. The molecule has 0 radical (unpaired) electrons. The summed E-state index contributed by atoms with van der Waals surface area (Å²) in [7, 11) is -3.52. The molecule has 0 aliphatic carbocycles. The van der Waals surface area contributed by atoms with Gasteiger partial charge in [0.25, 0.3) is 0 Å². The summed E-state index contributed by atoms with van der Waals surface area (Å²) in [5.74, 6) is 0. The molecule has 0 fully saturated rings. The minimum Gasteiger partial charge on any atom is -0.312 e. The third-order valence-corrected chi connectivity index (χ3v) is 3.47. The Balaban J connectivity index is 3.32. The lowest BCUT2D eigenvalue weighted by molar-refractivity contribution is 0.250. The van der Waals surface area contributed by atoms with Crippen molar-refractivity contribution in [3.63, 3.8) is 0 Å². The summed E-state index contributed by atoms with van der Waals surface area (Å²) in [5.41, 5.74) is 0. The Labute approximate surface area is 99.4 Å². The van der Waals surface area contributed by atoms with E-state index in [4.69, 9.17) is 4.52 Å². The van der Waals surface area contributed by atoms with E-state index in [2.05, 4.69) is 12.0 Å². The van der Waals surface area contributed by atoms with Gasteiger partial charge in [-0.05, 0) is 12.8 Å². The molecule has 0 aromatic rings. The van der Waals surface area contributed by atoms with E-state index in [0.29, 0.717) is 13.2 Å². The highest BCUT2D eigenvalue weighted by atomic mass is 31.2. The van der Waals surface area contributed by atoms with Crippen molar-refractivity contribution in [2.24, 2.45) is 0 Å². The van der Waals surface area contributed by atoms with Crippen LogP contribution >= 0.6 is 7.75 Å². The molecule has 5 heteroatoms. The van der Waals surface area contributed by atoms with Gasteiger partial charge < -0.3 is 4.89 Å². The minimum absolute atomic E-state index is 0.331. The first-order valence-electron chi connectivity index (χ1n) is 6.35. The predicted octanol–water partition coefficient (Wildman–Crippen LogP) is 3.46. The van der Waals surface area contributed by atoms with Gasteiger partial charge in [-0.3, -0.25) is 4.52 Å². The standard InChI is InChI=1S/C11H26NO3P/c1-3-5-6-7-8-9-10-12-16(13,14)15-11-4-2/h3-11H2,1-2H3,(H2,12,13,14). The van der Waals surface area contributed by atoms with E-state index in [1.807, 2.05) is 6.92 Å². The van der Waals surface area contributed by atoms with Crippen LogP contribution in [-0.2, 0) is 9.09 Å². The molecule has 0 heterocycles. The maximum atomic E-state index is 11.3. The predicted molar refractivity (Wildman–Crippen MR) is 67.4 cm³/mol. The van der Waals surface area contributed by atoms with Crippen molar-refractivity contribution in [2.75, 3.05) is 13.2 Å². The lowest BCUT2D eigenvalue weighted by Gasteiger charge is -2.12. The fraction of sp³-hybridized carbons (Fsp3) is 1.00. The lowest BCUT2D eigenvalue weighted by Crippen LogP contribution is -2.14. The van der Waals surface area contributed by atoms with Gasteiger partial charge in [0.05, 0.1) is 6.61 Å². The number of hydrogen-bond acceptors (Lipinski definition) is 2. The molecule has 0 aliphatic rings. The molecule has 1 atom stereocenters. The highest BCUT2D eigenvalue weighted by Crippen LogP contribution is 2.36. The highest BCUT2D eigenvalue weighted by Gasteiger charge is 2.16. The SMILES string of the molecule is CCCCCCCCNP(=O)(O)OCCC. The molecule has 0 aliphatic heterocycles. The molecular weight excluding hydrogens is 225 g/mol. The van der Waals surface area contributed by atoms with E-state index in [-0.39, 0.29) is 0 Å². The molecule has 0 aromatic carbocycles. The molecule has 0 saturated carbocycles. The van der Waals surface area contributed by atoms with Gasteiger partial charge in [0.15, 0.2) is 0 Å². The average Bonchev–Trinajstić information content (AvgIpc) is 2.25. The summed E-state index contributed by atoms with van der Waals surface area (Å²) in [6.07, 6.45) is 7.80. The van der Waals surface area contributed by atoms with Crippen LogP contribution < -0.4 is 5.09 Å². The fourth-order valence-electron chi connectivity index (χ4n) is 1.39.